The van der Waals surface area contributed by atoms with E-state index in [1.54, 1.807) is 7.05 Å². The minimum atomic E-state index is 0.250. The molecule has 2 N–H and O–H groups in total. The van der Waals surface area contributed by atoms with Crippen molar-refractivity contribution in [2.45, 2.75) is 51.1 Å². The van der Waals surface area contributed by atoms with Crippen LogP contribution in [0.2, 0.25) is 5.02 Å². The van der Waals surface area contributed by atoms with Gasteiger partial charge in [-0.1, -0.05) is 49.1 Å². The molecule has 1 aromatic rings. The second-order valence-corrected chi connectivity index (χ2v) is 7.67. The third-order valence-electron chi connectivity index (χ3n) is 5.42. The fraction of sp³-hybridized carbons (Fsp3) is 0.600. The molecular weight excluding hydrogens is 348 g/mol. The van der Waals surface area contributed by atoms with Gasteiger partial charge < -0.3 is 15.5 Å². The van der Waals surface area contributed by atoms with Crippen LogP contribution in [0.5, 0.6) is 0 Å². The maximum Gasteiger partial charge on any atom is 0.225 e. The quantitative estimate of drug-likeness (QED) is 0.626. The maximum atomic E-state index is 12.7. The smallest absolute Gasteiger partial charge is 0.225 e. The lowest BCUT2D eigenvalue weighted by Crippen LogP contribution is -2.45. The lowest BCUT2D eigenvalue weighted by atomic mass is 9.88. The molecule has 1 heterocycles. The van der Waals surface area contributed by atoms with Gasteiger partial charge >= 0.3 is 0 Å². The Kier molecular flexibility index (Phi) is 6.78. The minimum Gasteiger partial charge on any atom is -0.352 e. The first-order valence-electron chi connectivity index (χ1n) is 9.66. The first-order chi connectivity index (χ1) is 12.7. The van der Waals surface area contributed by atoms with Crippen molar-refractivity contribution in [1.82, 2.24) is 15.5 Å². The molecule has 0 spiro atoms. The number of hydrogen-bond donors (Lipinski definition) is 2. The van der Waals surface area contributed by atoms with Crippen molar-refractivity contribution >= 4 is 23.5 Å². The van der Waals surface area contributed by atoms with Crippen LogP contribution in [0.15, 0.2) is 29.3 Å². The number of amides is 1. The fourth-order valence-corrected chi connectivity index (χ4v) is 4.10. The predicted molar refractivity (Wildman–Crippen MR) is 106 cm³/mol. The molecule has 1 saturated heterocycles. The lowest BCUT2D eigenvalue weighted by molar-refractivity contribution is -0.135. The van der Waals surface area contributed by atoms with E-state index in [0.29, 0.717) is 12.5 Å². The summed E-state index contributed by atoms with van der Waals surface area (Å²) in [6.45, 7) is 2.23. The summed E-state index contributed by atoms with van der Waals surface area (Å²) in [7, 11) is 1.77. The zero-order chi connectivity index (χ0) is 18.4. The summed E-state index contributed by atoms with van der Waals surface area (Å²) in [5.74, 6) is 1.36. The Morgan fingerprint density at radius 3 is 2.73 bits per heavy atom. The van der Waals surface area contributed by atoms with Gasteiger partial charge in [-0.15, -0.1) is 0 Å². The predicted octanol–water partition coefficient (Wildman–Crippen LogP) is 3.19. The Bertz CT molecular complexity index is 642. The van der Waals surface area contributed by atoms with Crippen LogP contribution in [-0.2, 0) is 11.3 Å². The van der Waals surface area contributed by atoms with Crippen molar-refractivity contribution in [3.8, 4) is 0 Å². The van der Waals surface area contributed by atoms with Crippen molar-refractivity contribution in [2.24, 2.45) is 10.9 Å². The molecule has 0 bridgehead atoms. The molecule has 5 nitrogen and oxygen atoms in total. The molecule has 0 aromatic heterocycles. The topological polar surface area (TPSA) is 56.7 Å². The summed E-state index contributed by atoms with van der Waals surface area (Å²) in [6.07, 6.45) is 6.77. The molecule has 1 amide bonds. The van der Waals surface area contributed by atoms with Gasteiger partial charge in [0.15, 0.2) is 5.96 Å². The van der Waals surface area contributed by atoms with Gasteiger partial charge in [0.2, 0.25) is 5.91 Å². The highest BCUT2D eigenvalue weighted by Gasteiger charge is 2.31. The van der Waals surface area contributed by atoms with Gasteiger partial charge in [0.1, 0.15) is 0 Å². The average molecular weight is 377 g/mol. The van der Waals surface area contributed by atoms with E-state index >= 15 is 0 Å². The van der Waals surface area contributed by atoms with Crippen molar-refractivity contribution in [1.29, 1.82) is 0 Å². The van der Waals surface area contributed by atoms with Crippen LogP contribution in [0.25, 0.3) is 0 Å². The van der Waals surface area contributed by atoms with E-state index in [9.17, 15) is 4.79 Å². The van der Waals surface area contributed by atoms with Crippen molar-refractivity contribution < 1.29 is 4.79 Å². The van der Waals surface area contributed by atoms with Crippen LogP contribution >= 0.6 is 11.6 Å². The molecule has 26 heavy (non-hydrogen) atoms. The van der Waals surface area contributed by atoms with Gasteiger partial charge in [0.25, 0.3) is 0 Å². The molecule has 0 radical (unpaired) electrons. The SMILES string of the molecule is CN=C(NCc1ccccc1Cl)NC1CCN(C(=O)C2CCCCC2)C1. The number of carbonyl (C=O) groups is 1. The Labute approximate surface area is 161 Å². The van der Waals surface area contributed by atoms with Gasteiger partial charge in [0, 0.05) is 43.7 Å². The van der Waals surface area contributed by atoms with Crippen LogP contribution < -0.4 is 10.6 Å². The van der Waals surface area contributed by atoms with E-state index < -0.39 is 0 Å². The van der Waals surface area contributed by atoms with Crippen molar-refractivity contribution in [3.63, 3.8) is 0 Å². The number of guanidine groups is 1. The number of hydrogen-bond acceptors (Lipinski definition) is 2. The third kappa shape index (κ3) is 4.91. The number of nitrogens with one attached hydrogen (secondary N) is 2. The largest absolute Gasteiger partial charge is 0.352 e. The standard InChI is InChI=1S/C20H29ClN4O/c1-22-20(23-13-16-9-5-6-10-18(16)21)24-17-11-12-25(14-17)19(26)15-7-3-2-4-8-15/h5-6,9-10,15,17H,2-4,7-8,11-14H2,1H3,(H2,22,23,24). The molecule has 1 atom stereocenters. The fourth-order valence-electron chi connectivity index (χ4n) is 3.89. The van der Waals surface area contributed by atoms with E-state index in [4.69, 9.17) is 11.6 Å². The van der Waals surface area contributed by atoms with Crippen LogP contribution in [0.4, 0.5) is 0 Å². The highest BCUT2D eigenvalue weighted by molar-refractivity contribution is 6.31. The van der Waals surface area contributed by atoms with E-state index in [-0.39, 0.29) is 12.0 Å². The molecule has 1 aliphatic carbocycles. The number of nitrogens with zero attached hydrogens (tertiary/aromatic N) is 2. The molecule has 2 aliphatic rings. The van der Waals surface area contributed by atoms with E-state index in [0.717, 1.165) is 48.9 Å². The highest BCUT2D eigenvalue weighted by atomic mass is 35.5. The van der Waals surface area contributed by atoms with Crippen LogP contribution in [0.3, 0.4) is 0 Å². The second kappa shape index (κ2) is 9.26. The number of likely N-dealkylation sites (tertiary alicyclic amines) is 1. The van der Waals surface area contributed by atoms with E-state index in [1.165, 1.54) is 19.3 Å². The summed E-state index contributed by atoms with van der Waals surface area (Å²) in [6, 6.07) is 8.05. The molecule has 142 valence electrons. The van der Waals surface area contributed by atoms with Crippen LogP contribution in [0.1, 0.15) is 44.1 Å². The Hall–Kier alpha value is -1.75. The number of rotatable bonds is 4. The second-order valence-electron chi connectivity index (χ2n) is 7.27. The normalized spacial score (nSPS) is 21.7. The summed E-state index contributed by atoms with van der Waals surface area (Å²) >= 11 is 6.20. The number of aliphatic imine (C=N–C) groups is 1. The molecule has 3 rings (SSSR count). The number of carbonyl (C=O) groups excluding carboxylic acids is 1. The van der Waals surface area contributed by atoms with Crippen LogP contribution in [-0.4, -0.2) is 42.9 Å². The van der Waals surface area contributed by atoms with Crippen molar-refractivity contribution in [3.05, 3.63) is 34.9 Å². The number of halogens is 1. The van der Waals surface area contributed by atoms with Crippen LogP contribution in [0, 0.1) is 5.92 Å². The number of benzene rings is 1. The first kappa shape index (κ1) is 19.0. The summed E-state index contributed by atoms with van der Waals surface area (Å²) in [4.78, 5) is 19.0. The van der Waals surface area contributed by atoms with Gasteiger partial charge in [-0.2, -0.15) is 0 Å². The monoisotopic (exact) mass is 376 g/mol. The summed E-state index contributed by atoms with van der Waals surface area (Å²) < 4.78 is 0. The molecule has 1 aliphatic heterocycles. The van der Waals surface area contributed by atoms with Gasteiger partial charge in [0.05, 0.1) is 0 Å². The van der Waals surface area contributed by atoms with E-state index in [2.05, 4.69) is 15.6 Å². The zero-order valence-corrected chi connectivity index (χ0v) is 16.3. The Morgan fingerprint density at radius 1 is 1.23 bits per heavy atom. The molecule has 2 fully saturated rings. The highest BCUT2D eigenvalue weighted by Crippen LogP contribution is 2.26. The van der Waals surface area contributed by atoms with Gasteiger partial charge in [-0.05, 0) is 30.9 Å². The Balaban J connectivity index is 1.47. The molecule has 6 heteroatoms. The first-order valence-corrected chi connectivity index (χ1v) is 10.0. The van der Waals surface area contributed by atoms with Gasteiger partial charge in [-0.3, -0.25) is 9.79 Å². The Morgan fingerprint density at radius 2 is 2.00 bits per heavy atom. The summed E-state index contributed by atoms with van der Waals surface area (Å²) in [5, 5.41) is 7.51. The third-order valence-corrected chi connectivity index (χ3v) is 5.79. The average Bonchev–Trinajstić information content (AvgIpc) is 3.15. The molecular formula is C20H29ClN4O. The maximum absolute atomic E-state index is 12.7. The van der Waals surface area contributed by atoms with Crippen molar-refractivity contribution in [2.75, 3.05) is 20.1 Å². The van der Waals surface area contributed by atoms with E-state index in [1.807, 2.05) is 29.2 Å². The lowest BCUT2D eigenvalue weighted by Gasteiger charge is -2.26. The summed E-state index contributed by atoms with van der Waals surface area (Å²) in [5.41, 5.74) is 1.04. The minimum absolute atomic E-state index is 0.250. The molecule has 1 saturated carbocycles. The van der Waals surface area contributed by atoms with Gasteiger partial charge in [-0.25, -0.2) is 0 Å². The molecule has 1 unspecified atom stereocenters. The molecule has 1 aromatic carbocycles. The zero-order valence-electron chi connectivity index (χ0n) is 15.5.